The number of hydrazone groups is 1. The molecule has 4 nitrogen and oxygen atoms in total. The molecule has 0 atom stereocenters. The van der Waals surface area contributed by atoms with E-state index in [1.54, 1.807) is 12.1 Å². The molecule has 0 heterocycles. The van der Waals surface area contributed by atoms with Gasteiger partial charge in [-0.2, -0.15) is 5.10 Å². The summed E-state index contributed by atoms with van der Waals surface area (Å²) in [6, 6.07) is 5.97. The fraction of sp³-hybridized carbons (Fsp3) is 0.412. The Bertz CT molecular complexity index is 621. The largest absolute Gasteiger partial charge is 0.481 e. The van der Waals surface area contributed by atoms with Gasteiger partial charge in [-0.1, -0.05) is 31.6 Å². The Kier molecular flexibility index (Phi) is 4.96. The van der Waals surface area contributed by atoms with Gasteiger partial charge in [-0.15, -0.1) is 0 Å². The second-order valence-electron chi connectivity index (χ2n) is 6.37. The lowest BCUT2D eigenvalue weighted by Crippen LogP contribution is -2.28. The van der Waals surface area contributed by atoms with Crippen molar-refractivity contribution in [2.24, 2.45) is 10.5 Å². The minimum atomic E-state index is -0.491. The average Bonchev–Trinajstić information content (AvgIpc) is 2.42. The summed E-state index contributed by atoms with van der Waals surface area (Å²) in [4.78, 5) is 11.7. The van der Waals surface area contributed by atoms with E-state index in [9.17, 15) is 9.18 Å². The molecule has 0 radical (unpaired) electrons. The van der Waals surface area contributed by atoms with Crippen LogP contribution in [0.1, 0.15) is 33.6 Å². The van der Waals surface area contributed by atoms with Crippen molar-refractivity contribution in [2.75, 3.05) is 6.61 Å². The number of nitrogens with one attached hydrogen (secondary N) is 1. The maximum atomic E-state index is 13.4. The van der Waals surface area contributed by atoms with E-state index in [1.165, 1.54) is 17.7 Å². The maximum absolute atomic E-state index is 13.4. The molecule has 0 aliphatic heterocycles. The molecule has 1 aromatic carbocycles. The molecule has 0 saturated heterocycles. The summed E-state index contributed by atoms with van der Waals surface area (Å²) in [7, 11) is 0. The second kappa shape index (κ2) is 6.73. The van der Waals surface area contributed by atoms with Crippen LogP contribution in [-0.4, -0.2) is 18.2 Å². The Labute approximate surface area is 130 Å². The Balaban J connectivity index is 1.89. The molecule has 1 aliphatic carbocycles. The first-order valence-electron chi connectivity index (χ1n) is 7.26. The van der Waals surface area contributed by atoms with Crippen molar-refractivity contribution >= 4 is 11.6 Å². The molecule has 0 spiro atoms. The quantitative estimate of drug-likeness (QED) is 0.866. The van der Waals surface area contributed by atoms with Crippen LogP contribution < -0.4 is 10.2 Å². The summed E-state index contributed by atoms with van der Waals surface area (Å²) in [6.07, 6.45) is 3.82. The molecule has 0 bridgehead atoms. The molecule has 0 fully saturated rings. The second-order valence-corrected chi connectivity index (χ2v) is 6.37. The highest BCUT2D eigenvalue weighted by atomic mass is 19.1. The standard InChI is InChI=1S/C17H21FN2O2/c1-12-8-13(10-17(2,3)9-12)19-20-16(21)11-22-15-7-5-4-6-14(15)18/h4-8H,9-11H2,1-3H3,(H,20,21)/b19-13-. The molecule has 2 rings (SSSR count). The van der Waals surface area contributed by atoms with Gasteiger partial charge in [0.05, 0.1) is 5.71 Å². The molecule has 1 aromatic rings. The number of nitrogens with zero attached hydrogens (tertiary/aromatic N) is 1. The first kappa shape index (κ1) is 16.2. The van der Waals surface area contributed by atoms with Crippen LogP contribution in [0, 0.1) is 11.2 Å². The first-order valence-corrected chi connectivity index (χ1v) is 7.26. The van der Waals surface area contributed by atoms with E-state index in [-0.39, 0.29) is 17.8 Å². The zero-order chi connectivity index (χ0) is 16.2. The number of benzene rings is 1. The number of rotatable bonds is 4. The third-order valence-corrected chi connectivity index (χ3v) is 3.35. The van der Waals surface area contributed by atoms with E-state index in [2.05, 4.69) is 31.3 Å². The van der Waals surface area contributed by atoms with E-state index in [4.69, 9.17) is 4.74 Å². The van der Waals surface area contributed by atoms with Gasteiger partial charge in [0.2, 0.25) is 0 Å². The van der Waals surface area contributed by atoms with Crippen molar-refractivity contribution in [3.63, 3.8) is 0 Å². The van der Waals surface area contributed by atoms with E-state index >= 15 is 0 Å². The topological polar surface area (TPSA) is 50.7 Å². The van der Waals surface area contributed by atoms with Gasteiger partial charge in [0.15, 0.2) is 18.2 Å². The molecule has 5 heteroatoms. The van der Waals surface area contributed by atoms with Gasteiger partial charge in [0, 0.05) is 0 Å². The lowest BCUT2D eigenvalue weighted by atomic mass is 9.77. The monoisotopic (exact) mass is 304 g/mol. The van der Waals surface area contributed by atoms with Crippen LogP contribution in [0.2, 0.25) is 0 Å². The van der Waals surface area contributed by atoms with Crippen LogP contribution in [0.5, 0.6) is 5.75 Å². The molecule has 1 aliphatic rings. The average molecular weight is 304 g/mol. The number of allylic oxidation sites excluding steroid dienone is 2. The third-order valence-electron chi connectivity index (χ3n) is 3.35. The lowest BCUT2D eigenvalue weighted by Gasteiger charge is -2.29. The summed E-state index contributed by atoms with van der Waals surface area (Å²) in [5.41, 5.74) is 4.69. The van der Waals surface area contributed by atoms with Crippen molar-refractivity contribution in [3.05, 3.63) is 41.7 Å². The van der Waals surface area contributed by atoms with Crippen LogP contribution in [-0.2, 0) is 4.79 Å². The normalized spacial score (nSPS) is 18.7. The Morgan fingerprint density at radius 2 is 2.09 bits per heavy atom. The van der Waals surface area contributed by atoms with Crippen LogP contribution in [0.3, 0.4) is 0 Å². The summed E-state index contributed by atoms with van der Waals surface area (Å²) in [5, 5.41) is 4.13. The van der Waals surface area contributed by atoms with Crippen LogP contribution >= 0.6 is 0 Å². The maximum Gasteiger partial charge on any atom is 0.277 e. The fourth-order valence-electron chi connectivity index (χ4n) is 2.64. The Morgan fingerprint density at radius 1 is 1.36 bits per heavy atom. The van der Waals surface area contributed by atoms with Crippen molar-refractivity contribution in [2.45, 2.75) is 33.6 Å². The van der Waals surface area contributed by atoms with Gasteiger partial charge in [-0.25, -0.2) is 9.82 Å². The van der Waals surface area contributed by atoms with E-state index in [1.807, 2.05) is 6.08 Å². The molecule has 1 amide bonds. The summed E-state index contributed by atoms with van der Waals surface area (Å²) >= 11 is 0. The highest BCUT2D eigenvalue weighted by molar-refractivity contribution is 5.97. The summed E-state index contributed by atoms with van der Waals surface area (Å²) in [5.74, 6) is -0.848. The predicted molar refractivity (Wildman–Crippen MR) is 84.2 cm³/mol. The summed E-state index contributed by atoms with van der Waals surface area (Å²) in [6.45, 7) is 6.12. The molecular weight excluding hydrogens is 283 g/mol. The molecule has 118 valence electrons. The van der Waals surface area contributed by atoms with Crippen molar-refractivity contribution < 1.29 is 13.9 Å². The summed E-state index contributed by atoms with van der Waals surface area (Å²) < 4.78 is 18.5. The molecule has 0 unspecified atom stereocenters. The van der Waals surface area contributed by atoms with E-state index < -0.39 is 11.7 Å². The molecule has 0 aromatic heterocycles. The highest BCUT2D eigenvalue weighted by Gasteiger charge is 2.24. The minimum Gasteiger partial charge on any atom is -0.481 e. The smallest absolute Gasteiger partial charge is 0.277 e. The Hall–Kier alpha value is -2.17. The number of ether oxygens (including phenoxy) is 1. The number of hydrogen-bond donors (Lipinski definition) is 1. The van der Waals surface area contributed by atoms with Crippen LogP contribution in [0.15, 0.2) is 41.0 Å². The van der Waals surface area contributed by atoms with Gasteiger partial charge >= 0.3 is 0 Å². The van der Waals surface area contributed by atoms with Gasteiger partial charge in [0.25, 0.3) is 5.91 Å². The van der Waals surface area contributed by atoms with Crippen LogP contribution in [0.4, 0.5) is 4.39 Å². The minimum absolute atomic E-state index is 0.0554. The zero-order valence-electron chi connectivity index (χ0n) is 13.1. The number of hydrogen-bond acceptors (Lipinski definition) is 3. The zero-order valence-corrected chi connectivity index (χ0v) is 13.1. The van der Waals surface area contributed by atoms with Crippen molar-refractivity contribution in [1.82, 2.24) is 5.43 Å². The molecule has 0 saturated carbocycles. The Morgan fingerprint density at radius 3 is 2.77 bits per heavy atom. The van der Waals surface area contributed by atoms with E-state index in [0.717, 1.165) is 18.6 Å². The third kappa shape index (κ3) is 4.69. The first-order chi connectivity index (χ1) is 10.4. The van der Waals surface area contributed by atoms with Crippen LogP contribution in [0.25, 0.3) is 0 Å². The van der Waals surface area contributed by atoms with Gasteiger partial charge in [-0.05, 0) is 43.4 Å². The van der Waals surface area contributed by atoms with Crippen molar-refractivity contribution in [1.29, 1.82) is 0 Å². The molecule has 1 N–H and O–H groups in total. The molecular formula is C17H21FN2O2. The SMILES string of the molecule is CC1=C/C(=N/NC(=O)COc2ccccc2F)CC(C)(C)C1. The predicted octanol–water partition coefficient (Wildman–Crippen LogP) is 3.44. The van der Waals surface area contributed by atoms with Crippen molar-refractivity contribution in [3.8, 4) is 5.75 Å². The number of carbonyl (C=O) groups excluding carboxylic acids is 1. The van der Waals surface area contributed by atoms with Gasteiger partial charge in [-0.3, -0.25) is 4.79 Å². The number of para-hydroxylation sites is 1. The number of amides is 1. The molecule has 22 heavy (non-hydrogen) atoms. The van der Waals surface area contributed by atoms with Gasteiger partial charge in [0.1, 0.15) is 0 Å². The van der Waals surface area contributed by atoms with E-state index in [0.29, 0.717) is 0 Å². The lowest BCUT2D eigenvalue weighted by molar-refractivity contribution is -0.123. The number of carbonyl (C=O) groups is 1. The van der Waals surface area contributed by atoms with Gasteiger partial charge < -0.3 is 4.74 Å². The fourth-order valence-corrected chi connectivity index (χ4v) is 2.64. The highest BCUT2D eigenvalue weighted by Crippen LogP contribution is 2.33. The number of halogens is 1.